The number of hydrogen-bond donors (Lipinski definition) is 2. The number of benzene rings is 1. The van der Waals surface area contributed by atoms with Crippen molar-refractivity contribution in [3.63, 3.8) is 0 Å². The Balaban J connectivity index is 1.59. The number of aromatic nitrogens is 1. The SMILES string of the molecule is CCNC(=NCc1ccc(N2CCCC2)nc1)NCc1ccc(C)cc1OCCOC. The Morgan fingerprint density at radius 3 is 2.68 bits per heavy atom. The third kappa shape index (κ3) is 7.14. The molecule has 7 nitrogen and oxygen atoms in total. The molecule has 0 atom stereocenters. The van der Waals surface area contributed by atoms with E-state index in [1.54, 1.807) is 7.11 Å². The molecule has 0 unspecified atom stereocenters. The highest BCUT2D eigenvalue weighted by Crippen LogP contribution is 2.20. The Morgan fingerprint density at radius 2 is 1.97 bits per heavy atom. The molecule has 0 bridgehead atoms. The highest BCUT2D eigenvalue weighted by atomic mass is 16.5. The Hall–Kier alpha value is -2.80. The molecule has 2 heterocycles. The molecule has 3 rings (SSSR count). The van der Waals surface area contributed by atoms with Crippen LogP contribution in [0.1, 0.15) is 36.5 Å². The normalized spacial score (nSPS) is 14.0. The summed E-state index contributed by atoms with van der Waals surface area (Å²) in [5.41, 5.74) is 3.35. The molecule has 0 aliphatic carbocycles. The van der Waals surface area contributed by atoms with Crippen LogP contribution in [0.5, 0.6) is 5.75 Å². The number of rotatable bonds is 10. The first-order valence-corrected chi connectivity index (χ1v) is 11.1. The predicted octanol–water partition coefficient (Wildman–Crippen LogP) is 3.27. The van der Waals surface area contributed by atoms with Gasteiger partial charge >= 0.3 is 0 Å². The number of anilines is 1. The number of nitrogens with one attached hydrogen (secondary N) is 2. The van der Waals surface area contributed by atoms with Crippen LogP contribution in [0.4, 0.5) is 5.82 Å². The average Bonchev–Trinajstić information content (AvgIpc) is 3.32. The second-order valence-corrected chi connectivity index (χ2v) is 7.72. The van der Waals surface area contributed by atoms with Crippen LogP contribution in [-0.2, 0) is 17.8 Å². The van der Waals surface area contributed by atoms with Gasteiger partial charge in [0.25, 0.3) is 0 Å². The maximum Gasteiger partial charge on any atom is 0.191 e. The summed E-state index contributed by atoms with van der Waals surface area (Å²) in [6.07, 6.45) is 4.44. The largest absolute Gasteiger partial charge is 0.491 e. The maximum absolute atomic E-state index is 5.90. The molecule has 0 spiro atoms. The fourth-order valence-corrected chi connectivity index (χ4v) is 3.51. The van der Waals surface area contributed by atoms with Gasteiger partial charge in [-0.2, -0.15) is 0 Å². The number of guanidine groups is 1. The quantitative estimate of drug-likeness (QED) is 0.346. The zero-order chi connectivity index (χ0) is 21.9. The third-order valence-electron chi connectivity index (χ3n) is 5.22. The van der Waals surface area contributed by atoms with Gasteiger partial charge in [-0.15, -0.1) is 0 Å². The number of methoxy groups -OCH3 is 1. The van der Waals surface area contributed by atoms with Crippen LogP contribution < -0.4 is 20.3 Å². The Kier molecular flexibility index (Phi) is 8.97. The van der Waals surface area contributed by atoms with Gasteiger partial charge in [-0.3, -0.25) is 0 Å². The van der Waals surface area contributed by atoms with E-state index in [4.69, 9.17) is 14.5 Å². The topological polar surface area (TPSA) is 71.0 Å². The fraction of sp³-hybridized carbons (Fsp3) is 0.500. The van der Waals surface area contributed by atoms with E-state index in [1.807, 2.05) is 6.20 Å². The molecule has 0 radical (unpaired) electrons. The zero-order valence-electron chi connectivity index (χ0n) is 19.0. The van der Waals surface area contributed by atoms with Crippen LogP contribution in [0.15, 0.2) is 41.5 Å². The zero-order valence-corrected chi connectivity index (χ0v) is 19.0. The van der Waals surface area contributed by atoms with E-state index < -0.39 is 0 Å². The van der Waals surface area contributed by atoms with Gasteiger partial charge in [-0.05, 0) is 49.9 Å². The van der Waals surface area contributed by atoms with Crippen LogP contribution in [0, 0.1) is 6.92 Å². The van der Waals surface area contributed by atoms with E-state index in [0.717, 1.165) is 48.3 Å². The summed E-state index contributed by atoms with van der Waals surface area (Å²) >= 11 is 0. The van der Waals surface area contributed by atoms with Gasteiger partial charge in [0, 0.05) is 45.0 Å². The summed E-state index contributed by atoms with van der Waals surface area (Å²) in [7, 11) is 1.68. The van der Waals surface area contributed by atoms with Crippen molar-refractivity contribution in [2.24, 2.45) is 4.99 Å². The van der Waals surface area contributed by atoms with Gasteiger partial charge in [-0.1, -0.05) is 18.2 Å². The van der Waals surface area contributed by atoms with Crippen LogP contribution >= 0.6 is 0 Å². The van der Waals surface area contributed by atoms with Crippen molar-refractivity contribution in [2.75, 3.05) is 44.9 Å². The molecular weight excluding hydrogens is 390 g/mol. The highest BCUT2D eigenvalue weighted by Gasteiger charge is 2.13. The van der Waals surface area contributed by atoms with Gasteiger partial charge in [-0.25, -0.2) is 9.98 Å². The maximum atomic E-state index is 5.90. The number of aliphatic imine (C=N–C) groups is 1. The summed E-state index contributed by atoms with van der Waals surface area (Å²) in [5.74, 6) is 2.72. The van der Waals surface area contributed by atoms with E-state index >= 15 is 0 Å². The minimum Gasteiger partial charge on any atom is -0.491 e. The Bertz CT molecular complexity index is 832. The molecule has 2 aromatic rings. The second-order valence-electron chi connectivity index (χ2n) is 7.72. The third-order valence-corrected chi connectivity index (χ3v) is 5.22. The summed E-state index contributed by atoms with van der Waals surface area (Å²) < 4.78 is 11.0. The highest BCUT2D eigenvalue weighted by molar-refractivity contribution is 5.79. The van der Waals surface area contributed by atoms with Crippen LogP contribution in [0.2, 0.25) is 0 Å². The van der Waals surface area contributed by atoms with Gasteiger partial charge in [0.15, 0.2) is 5.96 Å². The van der Waals surface area contributed by atoms with Gasteiger partial charge in [0.1, 0.15) is 18.2 Å². The van der Waals surface area contributed by atoms with Crippen molar-refractivity contribution in [1.29, 1.82) is 0 Å². The average molecular weight is 426 g/mol. The molecule has 0 amide bonds. The number of ether oxygens (including phenoxy) is 2. The predicted molar refractivity (Wildman–Crippen MR) is 126 cm³/mol. The molecule has 1 fully saturated rings. The van der Waals surface area contributed by atoms with Gasteiger partial charge in [0.2, 0.25) is 0 Å². The lowest BCUT2D eigenvalue weighted by molar-refractivity contribution is 0.145. The lowest BCUT2D eigenvalue weighted by Gasteiger charge is -2.16. The van der Waals surface area contributed by atoms with E-state index in [0.29, 0.717) is 26.3 Å². The summed E-state index contributed by atoms with van der Waals surface area (Å²) in [4.78, 5) is 11.7. The minimum atomic E-state index is 0.529. The lowest BCUT2D eigenvalue weighted by atomic mass is 10.1. The van der Waals surface area contributed by atoms with Crippen molar-refractivity contribution in [1.82, 2.24) is 15.6 Å². The second kappa shape index (κ2) is 12.2. The Labute approximate surface area is 185 Å². The van der Waals surface area contributed by atoms with Crippen molar-refractivity contribution < 1.29 is 9.47 Å². The number of pyridine rings is 1. The molecule has 7 heteroatoms. The molecule has 1 aliphatic rings. The van der Waals surface area contributed by atoms with Crippen LogP contribution in [0.3, 0.4) is 0 Å². The van der Waals surface area contributed by atoms with E-state index in [2.05, 4.69) is 64.7 Å². The van der Waals surface area contributed by atoms with Gasteiger partial charge in [0.05, 0.1) is 13.2 Å². The summed E-state index contributed by atoms with van der Waals surface area (Å²) in [6, 6.07) is 10.5. The summed E-state index contributed by atoms with van der Waals surface area (Å²) in [5, 5.41) is 6.72. The van der Waals surface area contributed by atoms with Crippen molar-refractivity contribution in [3.8, 4) is 5.75 Å². The standard InChI is InChI=1S/C24H35N5O2/c1-4-25-24(27-17-20-8-10-23(26-16-20)29-11-5-6-12-29)28-18-21-9-7-19(2)15-22(21)31-14-13-30-3/h7-10,15-16H,4-6,11-14,17-18H2,1-3H3,(H2,25,27,28). The fourth-order valence-electron chi connectivity index (χ4n) is 3.51. The molecule has 31 heavy (non-hydrogen) atoms. The molecule has 168 valence electrons. The molecule has 1 aromatic heterocycles. The first kappa shape index (κ1) is 22.9. The summed E-state index contributed by atoms with van der Waals surface area (Å²) in [6.45, 7) is 9.43. The number of nitrogens with zero attached hydrogens (tertiary/aromatic N) is 3. The van der Waals surface area contributed by atoms with Crippen LogP contribution in [-0.4, -0.2) is 50.9 Å². The smallest absolute Gasteiger partial charge is 0.191 e. The molecule has 0 saturated carbocycles. The number of aryl methyl sites for hydroxylation is 1. The lowest BCUT2D eigenvalue weighted by Crippen LogP contribution is -2.36. The van der Waals surface area contributed by atoms with Crippen LogP contribution in [0.25, 0.3) is 0 Å². The van der Waals surface area contributed by atoms with E-state index in [1.165, 1.54) is 18.4 Å². The molecule has 1 aliphatic heterocycles. The van der Waals surface area contributed by atoms with Crippen molar-refractivity contribution in [3.05, 3.63) is 53.2 Å². The minimum absolute atomic E-state index is 0.529. The molecule has 1 saturated heterocycles. The monoisotopic (exact) mass is 425 g/mol. The first-order valence-electron chi connectivity index (χ1n) is 11.1. The first-order chi connectivity index (χ1) is 15.2. The molecule has 2 N–H and O–H groups in total. The van der Waals surface area contributed by atoms with Crippen molar-refractivity contribution in [2.45, 2.75) is 39.8 Å². The Morgan fingerprint density at radius 1 is 1.13 bits per heavy atom. The molecule has 1 aromatic carbocycles. The van der Waals surface area contributed by atoms with Crippen molar-refractivity contribution >= 4 is 11.8 Å². The van der Waals surface area contributed by atoms with Gasteiger partial charge < -0.3 is 25.0 Å². The molecular formula is C24H35N5O2. The van der Waals surface area contributed by atoms with E-state index in [-0.39, 0.29) is 0 Å². The number of hydrogen-bond acceptors (Lipinski definition) is 5. The van der Waals surface area contributed by atoms with E-state index in [9.17, 15) is 0 Å².